The summed E-state index contributed by atoms with van der Waals surface area (Å²) in [6, 6.07) is 7.02. The Hall–Kier alpha value is -2.62. The molecule has 6 rings (SSSR count). The van der Waals surface area contributed by atoms with Crippen LogP contribution in [-0.2, 0) is 11.3 Å². The van der Waals surface area contributed by atoms with Crippen molar-refractivity contribution in [3.8, 4) is 5.75 Å². The number of likely N-dealkylation sites (tertiary alicyclic amines) is 3. The number of ether oxygens (including phenoxy) is 1. The van der Waals surface area contributed by atoms with Crippen molar-refractivity contribution in [1.82, 2.24) is 24.5 Å². The summed E-state index contributed by atoms with van der Waals surface area (Å²) in [5.41, 5.74) is 2.08. The maximum Gasteiger partial charge on any atom is 0.344 e. The average molecular weight is 557 g/mol. The minimum Gasteiger partial charge on any atom is -0.490 e. The van der Waals surface area contributed by atoms with Crippen LogP contribution in [0.2, 0.25) is 5.02 Å². The van der Waals surface area contributed by atoms with Crippen LogP contribution in [0.15, 0.2) is 30.6 Å². The molecule has 0 radical (unpaired) electrons. The number of carbonyl (C=O) groups excluding carboxylic acids is 2. The summed E-state index contributed by atoms with van der Waals surface area (Å²) in [5.74, 6) is 1.89. The molecule has 10 heteroatoms. The van der Waals surface area contributed by atoms with Gasteiger partial charge >= 0.3 is 6.03 Å². The first-order valence-electron chi connectivity index (χ1n) is 14.2. The Morgan fingerprint density at radius 2 is 1.77 bits per heavy atom. The lowest BCUT2D eigenvalue weighted by Gasteiger charge is -2.32. The molecule has 3 saturated heterocycles. The highest BCUT2D eigenvalue weighted by atomic mass is 35.5. The molecule has 212 valence electrons. The summed E-state index contributed by atoms with van der Waals surface area (Å²) < 4.78 is 7.75. The lowest BCUT2D eigenvalue weighted by atomic mass is 10.0. The highest BCUT2D eigenvalue weighted by molar-refractivity contribution is 6.31. The third-order valence-corrected chi connectivity index (χ3v) is 8.73. The molecule has 2 aromatic rings. The van der Waals surface area contributed by atoms with Crippen molar-refractivity contribution in [1.29, 1.82) is 0 Å². The smallest absolute Gasteiger partial charge is 0.344 e. The molecule has 4 fully saturated rings. The van der Waals surface area contributed by atoms with E-state index in [1.54, 1.807) is 12.4 Å². The molecule has 2 unspecified atom stereocenters. The standard InChI is InChI=1S/C27H37ClN6O2.C2H4O/c1-30(2)23-12-29-34(18-23)27(35)33-16-20-14-31(15-21(20)17-33)13-19-3-6-25(11-26(19)28)36-24-7-9-32(10-8-24)22-4-5-22;1-2-3/h3,6,11-12,18,20-22,24H,4-5,7-10,13-17H2,1-2H3;2H,1H3. The van der Waals surface area contributed by atoms with Gasteiger partial charge in [-0.2, -0.15) is 9.78 Å². The van der Waals surface area contributed by atoms with E-state index in [1.165, 1.54) is 24.4 Å². The van der Waals surface area contributed by atoms with E-state index in [0.29, 0.717) is 17.9 Å². The highest BCUT2D eigenvalue weighted by Crippen LogP contribution is 2.34. The van der Waals surface area contributed by atoms with E-state index in [1.807, 2.05) is 30.0 Å². The molecule has 4 aliphatic rings. The average Bonchev–Trinajstić information content (AvgIpc) is 3.32. The summed E-state index contributed by atoms with van der Waals surface area (Å²) in [6.07, 6.45) is 9.53. The van der Waals surface area contributed by atoms with E-state index in [2.05, 4.69) is 27.0 Å². The minimum atomic E-state index is -0.0269. The number of fused-ring (bicyclic) bond motifs is 1. The molecule has 1 aliphatic carbocycles. The monoisotopic (exact) mass is 556 g/mol. The first kappa shape index (κ1) is 27.9. The number of carbonyl (C=O) groups is 2. The van der Waals surface area contributed by atoms with Crippen LogP contribution in [-0.4, -0.2) is 102 Å². The highest BCUT2D eigenvalue weighted by Gasteiger charge is 2.42. The van der Waals surface area contributed by atoms with E-state index in [0.717, 1.165) is 93.0 Å². The Kier molecular flexibility index (Phi) is 8.79. The summed E-state index contributed by atoms with van der Waals surface area (Å²) in [5, 5.41) is 5.04. The number of aromatic nitrogens is 2. The fraction of sp³-hybridized carbons (Fsp3) is 0.621. The first-order chi connectivity index (χ1) is 18.8. The molecule has 1 amide bonds. The number of amides is 1. The lowest BCUT2D eigenvalue weighted by Crippen LogP contribution is -2.39. The quantitative estimate of drug-likeness (QED) is 0.500. The van der Waals surface area contributed by atoms with Gasteiger partial charge in [-0.3, -0.25) is 4.90 Å². The zero-order valence-electron chi connectivity index (χ0n) is 23.3. The van der Waals surface area contributed by atoms with Crippen LogP contribution in [0.3, 0.4) is 0 Å². The number of hydrogen-bond donors (Lipinski definition) is 0. The van der Waals surface area contributed by atoms with E-state index in [-0.39, 0.29) is 6.03 Å². The largest absolute Gasteiger partial charge is 0.490 e. The second-order valence-corrected chi connectivity index (χ2v) is 11.9. The second kappa shape index (κ2) is 12.3. The predicted molar refractivity (Wildman–Crippen MR) is 153 cm³/mol. The Bertz CT molecular complexity index is 1130. The summed E-state index contributed by atoms with van der Waals surface area (Å²) in [7, 11) is 3.90. The van der Waals surface area contributed by atoms with Crippen LogP contribution in [0.4, 0.5) is 10.5 Å². The maximum absolute atomic E-state index is 12.9. The number of piperidine rings is 1. The van der Waals surface area contributed by atoms with E-state index in [9.17, 15) is 4.79 Å². The number of benzene rings is 1. The molecule has 0 spiro atoms. The fourth-order valence-corrected chi connectivity index (χ4v) is 6.36. The number of nitrogens with zero attached hydrogens (tertiary/aromatic N) is 6. The van der Waals surface area contributed by atoms with Crippen LogP contribution < -0.4 is 9.64 Å². The van der Waals surface area contributed by atoms with Gasteiger partial charge in [-0.25, -0.2) is 4.79 Å². The molecule has 0 bridgehead atoms. The minimum absolute atomic E-state index is 0.0269. The van der Waals surface area contributed by atoms with Crippen molar-refractivity contribution in [2.75, 3.05) is 58.3 Å². The Balaban J connectivity index is 0.000000983. The molecule has 1 saturated carbocycles. The van der Waals surface area contributed by atoms with Gasteiger partial charge in [-0.05, 0) is 62.1 Å². The number of aldehydes is 1. The van der Waals surface area contributed by atoms with Gasteiger partial charge in [-0.15, -0.1) is 0 Å². The summed E-state index contributed by atoms with van der Waals surface area (Å²) in [6.45, 7) is 8.15. The zero-order valence-corrected chi connectivity index (χ0v) is 24.1. The summed E-state index contributed by atoms with van der Waals surface area (Å²) in [4.78, 5) is 30.7. The van der Waals surface area contributed by atoms with Gasteiger partial charge in [0.05, 0.1) is 18.1 Å². The second-order valence-electron chi connectivity index (χ2n) is 11.5. The van der Waals surface area contributed by atoms with Crippen molar-refractivity contribution in [3.63, 3.8) is 0 Å². The zero-order chi connectivity index (χ0) is 27.5. The van der Waals surface area contributed by atoms with Gasteiger partial charge in [0.15, 0.2) is 0 Å². The van der Waals surface area contributed by atoms with Gasteiger partial charge in [-0.1, -0.05) is 17.7 Å². The number of anilines is 1. The van der Waals surface area contributed by atoms with Gasteiger partial charge in [0.25, 0.3) is 0 Å². The third kappa shape index (κ3) is 6.76. The molecule has 0 N–H and O–H groups in total. The van der Waals surface area contributed by atoms with Gasteiger partial charge in [0.2, 0.25) is 0 Å². The van der Waals surface area contributed by atoms with Crippen LogP contribution >= 0.6 is 11.6 Å². The molecule has 9 nitrogen and oxygen atoms in total. The molecule has 39 heavy (non-hydrogen) atoms. The Morgan fingerprint density at radius 3 is 2.33 bits per heavy atom. The van der Waals surface area contributed by atoms with Crippen molar-refractivity contribution >= 4 is 29.6 Å². The fourth-order valence-electron chi connectivity index (χ4n) is 6.13. The Labute approximate surface area is 236 Å². The molecule has 1 aromatic carbocycles. The number of hydrogen-bond acceptors (Lipinski definition) is 7. The van der Waals surface area contributed by atoms with Crippen molar-refractivity contribution in [2.24, 2.45) is 11.8 Å². The SMILES string of the molecule is CC=O.CN(C)c1cnn(C(=O)N2CC3CN(Cc4ccc(OC5CCN(C6CC6)CC5)cc4Cl)CC3C2)c1. The lowest BCUT2D eigenvalue weighted by molar-refractivity contribution is -0.106. The van der Waals surface area contributed by atoms with Gasteiger partial charge in [0, 0.05) is 71.0 Å². The molecule has 3 aliphatic heterocycles. The van der Waals surface area contributed by atoms with Crippen LogP contribution in [0.25, 0.3) is 0 Å². The topological polar surface area (TPSA) is 74.2 Å². The molecular formula is C29H41ClN6O3. The van der Waals surface area contributed by atoms with Gasteiger partial charge < -0.3 is 24.2 Å². The van der Waals surface area contributed by atoms with E-state index < -0.39 is 0 Å². The third-order valence-electron chi connectivity index (χ3n) is 8.37. The maximum atomic E-state index is 12.9. The Morgan fingerprint density at radius 1 is 1.10 bits per heavy atom. The van der Waals surface area contributed by atoms with Crippen molar-refractivity contribution < 1.29 is 14.3 Å². The number of rotatable bonds is 6. The van der Waals surface area contributed by atoms with Crippen molar-refractivity contribution in [2.45, 2.75) is 51.3 Å². The predicted octanol–water partition coefficient (Wildman–Crippen LogP) is 3.85. The number of halogens is 1. The molecule has 4 heterocycles. The molecule has 2 atom stereocenters. The first-order valence-corrected chi connectivity index (χ1v) is 14.5. The molecule has 1 aromatic heterocycles. The summed E-state index contributed by atoms with van der Waals surface area (Å²) >= 11 is 6.69. The van der Waals surface area contributed by atoms with E-state index in [4.69, 9.17) is 21.1 Å². The van der Waals surface area contributed by atoms with Crippen LogP contribution in [0.1, 0.15) is 38.2 Å². The van der Waals surface area contributed by atoms with Crippen molar-refractivity contribution in [3.05, 3.63) is 41.2 Å². The van der Waals surface area contributed by atoms with E-state index >= 15 is 0 Å². The van der Waals surface area contributed by atoms with Crippen LogP contribution in [0.5, 0.6) is 5.75 Å². The normalized spacial score (nSPS) is 23.7. The molecular weight excluding hydrogens is 516 g/mol. The van der Waals surface area contributed by atoms with Gasteiger partial charge in [0.1, 0.15) is 18.1 Å². The van der Waals surface area contributed by atoms with Crippen LogP contribution in [0, 0.1) is 11.8 Å².